The Balaban J connectivity index is 1.11. The molecule has 2 aliphatic rings. The summed E-state index contributed by atoms with van der Waals surface area (Å²) >= 11 is 0. The maximum absolute atomic E-state index is 12.9. The second-order valence-electron chi connectivity index (χ2n) is 19.4. The summed E-state index contributed by atoms with van der Waals surface area (Å²) in [5.74, 6) is -0.228. The van der Waals surface area contributed by atoms with Crippen LogP contribution in [0.2, 0.25) is 0 Å². The van der Waals surface area contributed by atoms with Crippen molar-refractivity contribution in [1.29, 1.82) is 0 Å². The molecule has 2 fully saturated rings. The van der Waals surface area contributed by atoms with Crippen molar-refractivity contribution in [2.45, 2.75) is 206 Å². The van der Waals surface area contributed by atoms with E-state index in [-0.39, 0.29) is 46.3 Å². The molecular formula is C46H72N2O6. The number of ether oxygens (including phenoxy) is 2. The van der Waals surface area contributed by atoms with Crippen molar-refractivity contribution in [3.63, 3.8) is 0 Å². The van der Waals surface area contributed by atoms with Crippen molar-refractivity contribution in [1.82, 2.24) is 10.1 Å². The predicted molar refractivity (Wildman–Crippen MR) is 216 cm³/mol. The number of rotatable bonds is 17. The first-order valence-corrected chi connectivity index (χ1v) is 20.5. The molecule has 8 heteroatoms. The van der Waals surface area contributed by atoms with E-state index in [4.69, 9.17) is 19.1 Å². The fraction of sp³-hybridized carbons (Fsp3) is 0.696. The summed E-state index contributed by atoms with van der Waals surface area (Å²) in [4.78, 5) is 39.2. The number of esters is 2. The molecule has 0 N–H and O–H groups in total. The minimum Gasteiger partial charge on any atom is -0.462 e. The van der Waals surface area contributed by atoms with Gasteiger partial charge in [0.25, 0.3) is 0 Å². The van der Waals surface area contributed by atoms with Crippen LogP contribution < -0.4 is 0 Å². The van der Waals surface area contributed by atoms with E-state index in [0.717, 1.165) is 49.7 Å². The number of hydrogen-bond acceptors (Lipinski definition) is 8. The Labute approximate surface area is 327 Å². The molecule has 54 heavy (non-hydrogen) atoms. The summed E-state index contributed by atoms with van der Waals surface area (Å²) in [6.07, 6.45) is 9.09. The van der Waals surface area contributed by atoms with Gasteiger partial charge >= 0.3 is 11.9 Å². The summed E-state index contributed by atoms with van der Waals surface area (Å²) in [6, 6.07) is 20.6. The van der Waals surface area contributed by atoms with Gasteiger partial charge in [-0.25, -0.2) is 0 Å². The van der Waals surface area contributed by atoms with Gasteiger partial charge in [0.15, 0.2) is 0 Å². The van der Waals surface area contributed by atoms with Crippen molar-refractivity contribution in [3.05, 3.63) is 71.8 Å². The second kappa shape index (κ2) is 17.6. The van der Waals surface area contributed by atoms with E-state index in [1.807, 2.05) is 36.4 Å². The molecule has 0 aromatic heterocycles. The second-order valence-corrected chi connectivity index (χ2v) is 19.4. The van der Waals surface area contributed by atoms with Gasteiger partial charge in [-0.1, -0.05) is 86.3 Å². The van der Waals surface area contributed by atoms with Crippen LogP contribution in [0.15, 0.2) is 60.7 Å². The summed E-state index contributed by atoms with van der Waals surface area (Å²) in [5, 5.41) is 4.26. The highest BCUT2D eigenvalue weighted by molar-refractivity contribution is 5.70. The van der Waals surface area contributed by atoms with Crippen LogP contribution in [0.25, 0.3) is 0 Å². The van der Waals surface area contributed by atoms with Crippen LogP contribution in [0.3, 0.4) is 0 Å². The summed E-state index contributed by atoms with van der Waals surface area (Å²) in [5.41, 5.74) is 0.00284. The zero-order chi connectivity index (χ0) is 40.0. The molecule has 4 rings (SSSR count). The van der Waals surface area contributed by atoms with Crippen LogP contribution in [-0.4, -0.2) is 56.4 Å². The molecule has 2 heterocycles. The highest BCUT2D eigenvalue weighted by atomic mass is 16.7. The Morgan fingerprint density at radius 1 is 0.519 bits per heavy atom. The van der Waals surface area contributed by atoms with Crippen LogP contribution in [0.4, 0.5) is 0 Å². The number of hydrogen-bond donors (Lipinski definition) is 0. The molecule has 0 amide bonds. The van der Waals surface area contributed by atoms with Gasteiger partial charge < -0.3 is 9.47 Å². The normalized spacial score (nSPS) is 20.7. The molecular weight excluding hydrogens is 677 g/mol. The van der Waals surface area contributed by atoms with Gasteiger partial charge in [0.1, 0.15) is 23.4 Å². The smallest absolute Gasteiger partial charge is 0.306 e. The first kappa shape index (κ1) is 43.9. The van der Waals surface area contributed by atoms with Crippen molar-refractivity contribution in [2.75, 3.05) is 0 Å². The van der Waals surface area contributed by atoms with Gasteiger partial charge in [0.2, 0.25) is 0 Å². The molecule has 8 nitrogen and oxygen atoms in total. The van der Waals surface area contributed by atoms with Gasteiger partial charge in [-0.2, -0.15) is 10.1 Å². The molecule has 2 aliphatic heterocycles. The van der Waals surface area contributed by atoms with Gasteiger partial charge in [-0.3, -0.25) is 19.3 Å². The lowest BCUT2D eigenvalue weighted by Gasteiger charge is -2.55. The fourth-order valence-electron chi connectivity index (χ4n) is 8.98. The number of nitrogens with zero attached hydrogens (tertiary/aromatic N) is 2. The lowest BCUT2D eigenvalue weighted by molar-refractivity contribution is -0.341. The molecule has 2 saturated heterocycles. The lowest BCUT2D eigenvalue weighted by atomic mass is 9.80. The standard InChI is InChI=1S/C46H72N2O6/c1-41(2)31-37(32-42(3,4)47(41)53-45(9,10)35-25-19-17-20-26-35)51-39(49)29-23-15-13-14-16-24-30-40(50)52-38-33-43(5,6)48(44(7,8)34-38)54-46(11,12)36-27-21-18-22-28-36/h17-22,25-28,37-38H,13-16,23-24,29-34H2,1-12H3. The predicted octanol–water partition coefficient (Wildman–Crippen LogP) is 11.0. The highest BCUT2D eigenvalue weighted by Crippen LogP contribution is 2.44. The molecule has 2 aromatic rings. The van der Waals surface area contributed by atoms with E-state index in [9.17, 15) is 9.59 Å². The van der Waals surface area contributed by atoms with Crippen LogP contribution in [0.5, 0.6) is 0 Å². The Bertz CT molecular complexity index is 1350. The third-order valence-electron chi connectivity index (χ3n) is 11.3. The Hall–Kier alpha value is -2.78. The summed E-state index contributed by atoms with van der Waals surface area (Å²) in [7, 11) is 0. The Kier molecular flexibility index (Phi) is 14.3. The van der Waals surface area contributed by atoms with Gasteiger partial charge in [0, 0.05) is 60.7 Å². The number of hydroxylamine groups is 4. The minimum absolute atomic E-state index is 0.114. The third kappa shape index (κ3) is 11.9. The number of unbranched alkanes of at least 4 members (excludes halogenated alkanes) is 5. The van der Waals surface area contributed by atoms with E-state index in [1.54, 1.807) is 0 Å². The van der Waals surface area contributed by atoms with Crippen LogP contribution in [-0.2, 0) is 39.9 Å². The van der Waals surface area contributed by atoms with Gasteiger partial charge in [-0.15, -0.1) is 0 Å². The molecule has 0 atom stereocenters. The van der Waals surface area contributed by atoms with Gasteiger partial charge in [-0.05, 0) is 107 Å². The van der Waals surface area contributed by atoms with Crippen LogP contribution >= 0.6 is 0 Å². The molecule has 0 aliphatic carbocycles. The average Bonchev–Trinajstić information content (AvgIpc) is 3.06. The summed E-state index contributed by atoms with van der Waals surface area (Å²) < 4.78 is 12.1. The fourth-order valence-corrected chi connectivity index (χ4v) is 8.98. The quantitative estimate of drug-likeness (QED) is 0.117. The van der Waals surface area contributed by atoms with Crippen LogP contribution in [0, 0.1) is 0 Å². The lowest BCUT2D eigenvalue weighted by Crippen LogP contribution is -2.63. The highest BCUT2D eigenvalue weighted by Gasteiger charge is 2.51. The van der Waals surface area contributed by atoms with E-state index in [0.29, 0.717) is 38.5 Å². The Morgan fingerprint density at radius 3 is 1.09 bits per heavy atom. The zero-order valence-corrected chi connectivity index (χ0v) is 35.8. The maximum atomic E-state index is 12.9. The largest absolute Gasteiger partial charge is 0.462 e. The van der Waals surface area contributed by atoms with Crippen molar-refractivity contribution in [2.24, 2.45) is 0 Å². The monoisotopic (exact) mass is 749 g/mol. The van der Waals surface area contributed by atoms with Crippen LogP contribution in [0.1, 0.15) is 171 Å². The molecule has 2 aromatic carbocycles. The number of carbonyl (C=O) groups is 2. The van der Waals surface area contributed by atoms with Gasteiger partial charge in [0.05, 0.1) is 0 Å². The van der Waals surface area contributed by atoms with E-state index in [1.165, 1.54) is 0 Å². The number of benzene rings is 2. The van der Waals surface area contributed by atoms with E-state index < -0.39 is 11.2 Å². The molecule has 0 saturated carbocycles. The van der Waals surface area contributed by atoms with Crippen molar-refractivity contribution in [3.8, 4) is 0 Å². The molecule has 0 spiro atoms. The minimum atomic E-state index is -0.493. The first-order chi connectivity index (χ1) is 25.0. The number of carbonyl (C=O) groups excluding carboxylic acids is 2. The van der Waals surface area contributed by atoms with E-state index >= 15 is 0 Å². The SMILES string of the molecule is CC(C)(ON1C(C)(C)CC(OC(=O)CCCCCCCCC(=O)OC2CC(C)(C)N(OC(C)(C)c3ccccc3)C(C)(C)C2)CC1(C)C)c1ccccc1. The van der Waals surface area contributed by atoms with E-state index in [2.05, 4.69) is 117 Å². The first-order valence-electron chi connectivity index (χ1n) is 20.5. The third-order valence-corrected chi connectivity index (χ3v) is 11.3. The maximum Gasteiger partial charge on any atom is 0.306 e. The molecule has 0 radical (unpaired) electrons. The van der Waals surface area contributed by atoms with Crippen molar-refractivity contribution >= 4 is 11.9 Å². The topological polar surface area (TPSA) is 77.5 Å². The molecule has 302 valence electrons. The number of piperidine rings is 2. The Morgan fingerprint density at radius 2 is 0.796 bits per heavy atom. The van der Waals surface area contributed by atoms with Crippen molar-refractivity contribution < 1.29 is 28.7 Å². The molecule has 0 bridgehead atoms. The molecule has 0 unspecified atom stereocenters. The summed E-state index contributed by atoms with van der Waals surface area (Å²) in [6.45, 7) is 25.8. The zero-order valence-electron chi connectivity index (χ0n) is 35.8. The average molecular weight is 749 g/mol.